The van der Waals surface area contributed by atoms with E-state index in [0.717, 1.165) is 44.9 Å². The zero-order chi connectivity index (χ0) is 25.7. The predicted molar refractivity (Wildman–Crippen MR) is 139 cm³/mol. The highest BCUT2D eigenvalue weighted by Crippen LogP contribution is 2.10. The first-order valence-corrected chi connectivity index (χ1v) is 14.8. The quantitative estimate of drug-likeness (QED) is 0.0927. The maximum Gasteiger partial charge on any atom is 0.267 e. The van der Waals surface area contributed by atoms with Gasteiger partial charge in [-0.2, -0.15) is 8.42 Å². The van der Waals surface area contributed by atoms with Crippen molar-refractivity contribution in [3.8, 4) is 0 Å². The summed E-state index contributed by atoms with van der Waals surface area (Å²) in [4.78, 5) is 12.3. The first kappa shape index (κ1) is 32.8. The minimum Gasteiger partial charge on any atom is -0.387 e. The van der Waals surface area contributed by atoms with E-state index < -0.39 is 40.0 Å². The van der Waals surface area contributed by atoms with Gasteiger partial charge < -0.3 is 15.5 Å². The van der Waals surface area contributed by atoms with E-state index in [4.69, 9.17) is 0 Å². The van der Waals surface area contributed by atoms with E-state index in [9.17, 15) is 28.0 Å². The Hall–Kier alpha value is -1.22. The van der Waals surface area contributed by atoms with Crippen LogP contribution in [-0.4, -0.2) is 53.1 Å². The van der Waals surface area contributed by atoms with Crippen LogP contribution in [0.1, 0.15) is 110 Å². The molecule has 0 rings (SSSR count). The molecule has 7 nitrogen and oxygen atoms in total. The molecule has 3 unspecified atom stereocenters. The van der Waals surface area contributed by atoms with Crippen LogP contribution in [0.2, 0.25) is 0 Å². The maximum absolute atomic E-state index is 12.3. The SMILES string of the molecule is CCCCC/C=C/C(O)C(CS(=O)(=O)O)NC(=O)C(O)CCCC/C=C\CCCCCCCC. The molecular formula is C26H49NO6S. The molecular weight excluding hydrogens is 454 g/mol. The fourth-order valence-electron chi connectivity index (χ4n) is 3.62. The summed E-state index contributed by atoms with van der Waals surface area (Å²) in [5.41, 5.74) is 0. The van der Waals surface area contributed by atoms with Crippen LogP contribution in [-0.2, 0) is 14.9 Å². The van der Waals surface area contributed by atoms with Crippen molar-refractivity contribution in [2.45, 2.75) is 128 Å². The van der Waals surface area contributed by atoms with Crippen LogP contribution in [0.25, 0.3) is 0 Å². The molecule has 34 heavy (non-hydrogen) atoms. The van der Waals surface area contributed by atoms with Crippen molar-refractivity contribution in [1.29, 1.82) is 0 Å². The molecule has 0 aromatic carbocycles. The van der Waals surface area contributed by atoms with Gasteiger partial charge in [0, 0.05) is 0 Å². The topological polar surface area (TPSA) is 124 Å². The fourth-order valence-corrected chi connectivity index (χ4v) is 4.36. The molecule has 0 spiro atoms. The summed E-state index contributed by atoms with van der Waals surface area (Å²) in [5.74, 6) is -1.57. The van der Waals surface area contributed by atoms with Crippen LogP contribution in [0.5, 0.6) is 0 Å². The van der Waals surface area contributed by atoms with Gasteiger partial charge in [-0.05, 0) is 44.9 Å². The van der Waals surface area contributed by atoms with Gasteiger partial charge in [-0.1, -0.05) is 89.5 Å². The molecule has 0 saturated heterocycles. The molecule has 0 aliphatic rings. The highest BCUT2D eigenvalue weighted by atomic mass is 32.2. The van der Waals surface area contributed by atoms with Gasteiger partial charge in [-0.15, -0.1) is 0 Å². The zero-order valence-corrected chi connectivity index (χ0v) is 22.1. The van der Waals surface area contributed by atoms with Crippen LogP contribution < -0.4 is 5.32 Å². The van der Waals surface area contributed by atoms with Gasteiger partial charge in [-0.25, -0.2) is 0 Å². The van der Waals surface area contributed by atoms with Gasteiger partial charge >= 0.3 is 0 Å². The number of allylic oxidation sites excluding steroid dienone is 3. The van der Waals surface area contributed by atoms with Crippen molar-refractivity contribution in [1.82, 2.24) is 5.32 Å². The number of aliphatic hydroxyl groups is 2. The lowest BCUT2D eigenvalue weighted by Crippen LogP contribution is -2.50. The van der Waals surface area contributed by atoms with Gasteiger partial charge in [0.05, 0.1) is 17.9 Å². The second-order valence-corrected chi connectivity index (χ2v) is 10.6. The van der Waals surface area contributed by atoms with Gasteiger partial charge in [0.2, 0.25) is 5.91 Å². The molecule has 0 heterocycles. The Morgan fingerprint density at radius 3 is 1.91 bits per heavy atom. The third kappa shape index (κ3) is 20.2. The second-order valence-electron chi connectivity index (χ2n) is 9.11. The van der Waals surface area contributed by atoms with Crippen molar-refractivity contribution >= 4 is 16.0 Å². The van der Waals surface area contributed by atoms with E-state index in [2.05, 4.69) is 31.3 Å². The second kappa shape index (κ2) is 21.1. The molecule has 1 amide bonds. The van der Waals surface area contributed by atoms with E-state index in [1.807, 2.05) is 0 Å². The van der Waals surface area contributed by atoms with Crippen LogP contribution in [0, 0.1) is 0 Å². The summed E-state index contributed by atoms with van der Waals surface area (Å²) in [6.45, 7) is 4.30. The standard InChI is InChI=1S/C26H49NO6S/c1-3-5-7-9-10-11-12-13-14-15-17-19-21-25(29)26(30)27-23(22-34(31,32)33)24(28)20-18-16-8-6-4-2/h13-14,18,20,23-25,28-29H,3-12,15-17,19,21-22H2,1-2H3,(H,27,30)(H,31,32,33)/b14-13-,20-18+. The number of nitrogens with one attached hydrogen (secondary N) is 1. The summed E-state index contributed by atoms with van der Waals surface area (Å²) in [6, 6.07) is -1.23. The van der Waals surface area contributed by atoms with Crippen molar-refractivity contribution in [3.63, 3.8) is 0 Å². The molecule has 0 bridgehead atoms. The average Bonchev–Trinajstić information content (AvgIpc) is 2.78. The molecule has 0 aromatic heterocycles. The number of rotatable bonds is 22. The predicted octanol–water partition coefficient (Wildman–Crippen LogP) is 5.08. The molecule has 3 atom stereocenters. The third-order valence-corrected chi connectivity index (χ3v) is 6.51. The monoisotopic (exact) mass is 503 g/mol. The maximum atomic E-state index is 12.3. The lowest BCUT2D eigenvalue weighted by atomic mass is 10.1. The lowest BCUT2D eigenvalue weighted by Gasteiger charge is -2.22. The Balaban J connectivity index is 4.29. The van der Waals surface area contributed by atoms with Crippen molar-refractivity contribution in [2.75, 3.05) is 5.75 Å². The fraction of sp³-hybridized carbons (Fsp3) is 0.808. The zero-order valence-electron chi connectivity index (χ0n) is 21.3. The number of carbonyl (C=O) groups excluding carboxylic acids is 1. The largest absolute Gasteiger partial charge is 0.387 e. The average molecular weight is 504 g/mol. The van der Waals surface area contributed by atoms with E-state index in [0.29, 0.717) is 6.42 Å². The highest BCUT2D eigenvalue weighted by Gasteiger charge is 2.27. The van der Waals surface area contributed by atoms with Crippen molar-refractivity contribution in [2.24, 2.45) is 0 Å². The smallest absolute Gasteiger partial charge is 0.267 e. The Bertz CT molecular complexity index is 662. The Labute approximate surface area is 207 Å². The molecule has 0 radical (unpaired) electrons. The van der Waals surface area contributed by atoms with Crippen molar-refractivity contribution in [3.05, 3.63) is 24.3 Å². The summed E-state index contributed by atoms with van der Waals surface area (Å²) in [6.07, 6.45) is 20.1. The molecule has 0 aliphatic heterocycles. The number of hydrogen-bond acceptors (Lipinski definition) is 5. The van der Waals surface area contributed by atoms with Gasteiger partial charge in [0.15, 0.2) is 0 Å². The summed E-state index contributed by atoms with van der Waals surface area (Å²) >= 11 is 0. The Morgan fingerprint density at radius 2 is 1.29 bits per heavy atom. The summed E-state index contributed by atoms with van der Waals surface area (Å²) < 4.78 is 31.8. The van der Waals surface area contributed by atoms with Crippen LogP contribution >= 0.6 is 0 Å². The molecule has 200 valence electrons. The van der Waals surface area contributed by atoms with E-state index >= 15 is 0 Å². The Kier molecular flexibility index (Phi) is 20.3. The molecule has 0 aromatic rings. The summed E-state index contributed by atoms with van der Waals surface area (Å²) in [7, 11) is -4.42. The number of amides is 1. The number of aliphatic hydroxyl groups excluding tert-OH is 2. The van der Waals surface area contributed by atoms with Gasteiger partial charge in [-0.3, -0.25) is 9.35 Å². The molecule has 0 saturated carbocycles. The van der Waals surface area contributed by atoms with E-state index in [1.54, 1.807) is 6.08 Å². The summed E-state index contributed by atoms with van der Waals surface area (Å²) in [5, 5.41) is 22.8. The van der Waals surface area contributed by atoms with E-state index in [1.165, 1.54) is 44.6 Å². The minimum absolute atomic E-state index is 0.249. The number of carbonyl (C=O) groups is 1. The van der Waals surface area contributed by atoms with Gasteiger partial charge in [0.25, 0.3) is 10.1 Å². The Morgan fingerprint density at radius 1 is 0.794 bits per heavy atom. The molecule has 8 heteroatoms. The lowest BCUT2D eigenvalue weighted by molar-refractivity contribution is -0.130. The van der Waals surface area contributed by atoms with Crippen molar-refractivity contribution < 1.29 is 28.0 Å². The molecule has 0 aliphatic carbocycles. The number of unbranched alkanes of at least 4 members (excludes halogenated alkanes) is 11. The molecule has 4 N–H and O–H groups in total. The first-order valence-electron chi connectivity index (χ1n) is 13.1. The van der Waals surface area contributed by atoms with E-state index in [-0.39, 0.29) is 6.42 Å². The number of hydrogen-bond donors (Lipinski definition) is 4. The highest BCUT2D eigenvalue weighted by molar-refractivity contribution is 7.85. The third-order valence-electron chi connectivity index (χ3n) is 5.73. The minimum atomic E-state index is -4.42. The van der Waals surface area contributed by atoms with Crippen LogP contribution in [0.4, 0.5) is 0 Å². The molecule has 0 fully saturated rings. The first-order chi connectivity index (χ1) is 16.2. The van der Waals surface area contributed by atoms with Crippen LogP contribution in [0.15, 0.2) is 24.3 Å². The van der Waals surface area contributed by atoms with Crippen LogP contribution in [0.3, 0.4) is 0 Å². The van der Waals surface area contributed by atoms with Gasteiger partial charge in [0.1, 0.15) is 6.10 Å². The normalized spacial score (nSPS) is 15.1.